The number of nitrogens with zero attached hydrogens (tertiary/aromatic N) is 1. The van der Waals surface area contributed by atoms with Crippen LogP contribution in [0.5, 0.6) is 0 Å². The fourth-order valence-electron chi connectivity index (χ4n) is 2.44. The van der Waals surface area contributed by atoms with Gasteiger partial charge in [0.15, 0.2) is 4.34 Å². The van der Waals surface area contributed by atoms with Gasteiger partial charge in [-0.3, -0.25) is 4.79 Å². The maximum atomic E-state index is 12.2. The van der Waals surface area contributed by atoms with E-state index in [-0.39, 0.29) is 11.8 Å². The zero-order chi connectivity index (χ0) is 16.9. The molecule has 1 aliphatic rings. The van der Waals surface area contributed by atoms with E-state index < -0.39 is 0 Å². The second kappa shape index (κ2) is 8.56. The highest BCUT2D eigenvalue weighted by molar-refractivity contribution is 8.04. The number of hydrogen-bond acceptors (Lipinski definition) is 6. The summed E-state index contributed by atoms with van der Waals surface area (Å²) in [6.07, 6.45) is 0.809. The predicted octanol–water partition coefficient (Wildman–Crippen LogP) is 4.51. The first-order valence-corrected chi connectivity index (χ1v) is 11.0. The number of thioether (sulfide) groups is 2. The molecule has 0 radical (unpaired) electrons. The molecule has 4 nitrogen and oxygen atoms in total. The molecule has 7 heteroatoms. The van der Waals surface area contributed by atoms with Crippen molar-refractivity contribution in [1.29, 1.82) is 0 Å². The van der Waals surface area contributed by atoms with E-state index in [1.807, 2.05) is 41.7 Å². The molecule has 0 bridgehead atoms. The third-order valence-electron chi connectivity index (χ3n) is 3.70. The molecule has 3 rings (SSSR count). The van der Waals surface area contributed by atoms with Crippen LogP contribution in [0.3, 0.4) is 0 Å². The van der Waals surface area contributed by atoms with E-state index in [2.05, 4.69) is 24.1 Å². The average molecular weight is 383 g/mol. The number of nitrogens with one attached hydrogen (secondary N) is 1. The number of carbonyl (C=O) groups excluding carboxylic acids is 1. The van der Waals surface area contributed by atoms with Crippen LogP contribution in [-0.4, -0.2) is 40.9 Å². The summed E-state index contributed by atoms with van der Waals surface area (Å²) >= 11 is 5.48. The summed E-state index contributed by atoms with van der Waals surface area (Å²) in [5, 5.41) is 3.68. The highest BCUT2D eigenvalue weighted by Crippen LogP contribution is 2.32. The van der Waals surface area contributed by atoms with Crippen molar-refractivity contribution in [2.75, 3.05) is 30.0 Å². The first-order chi connectivity index (χ1) is 11.6. The molecule has 1 aromatic carbocycles. The normalized spacial score (nSPS) is 17.7. The summed E-state index contributed by atoms with van der Waals surface area (Å²) in [7, 11) is 0. The van der Waals surface area contributed by atoms with E-state index in [0.29, 0.717) is 18.5 Å². The molecule has 0 saturated carbocycles. The number of anilines is 1. The van der Waals surface area contributed by atoms with Gasteiger partial charge in [-0.25, -0.2) is 4.98 Å². The van der Waals surface area contributed by atoms with Crippen molar-refractivity contribution in [2.24, 2.45) is 5.92 Å². The third-order valence-corrected chi connectivity index (χ3v) is 7.22. The standard InChI is InChI=1S/C17H22N2O2S3/c1-11(2)22-7-8-23-17-19-14-4-3-13(9-15(14)24-17)18-16(20)12-5-6-21-10-12/h3-4,9,11-12H,5-8,10H2,1-2H3,(H,18,20). The number of carbonyl (C=O) groups is 1. The van der Waals surface area contributed by atoms with Gasteiger partial charge in [-0.2, -0.15) is 11.8 Å². The Bertz CT molecular complexity index is 696. The fourth-order valence-corrected chi connectivity index (χ4v) is 5.46. The molecule has 1 N–H and O–H groups in total. The zero-order valence-corrected chi connectivity index (χ0v) is 16.4. The molecule has 1 amide bonds. The van der Waals surface area contributed by atoms with Crippen LogP contribution >= 0.6 is 34.9 Å². The lowest BCUT2D eigenvalue weighted by Gasteiger charge is -2.08. The van der Waals surface area contributed by atoms with Gasteiger partial charge in [0, 0.05) is 23.8 Å². The molecule has 130 valence electrons. The Morgan fingerprint density at radius 2 is 2.33 bits per heavy atom. The van der Waals surface area contributed by atoms with Gasteiger partial charge in [-0.15, -0.1) is 11.3 Å². The van der Waals surface area contributed by atoms with E-state index >= 15 is 0 Å². The Hall–Kier alpha value is -0.760. The summed E-state index contributed by atoms with van der Waals surface area (Å²) in [5.74, 6) is 2.25. The molecule has 1 unspecified atom stereocenters. The summed E-state index contributed by atoms with van der Waals surface area (Å²) < 4.78 is 7.50. The lowest BCUT2D eigenvalue weighted by molar-refractivity contribution is -0.119. The Kier molecular flexibility index (Phi) is 6.43. The number of benzene rings is 1. The van der Waals surface area contributed by atoms with Crippen LogP contribution in [0.1, 0.15) is 20.3 Å². The first kappa shape index (κ1) is 18.0. The number of hydrogen-bond donors (Lipinski definition) is 1. The third kappa shape index (κ3) is 4.88. The molecule has 2 aromatic rings. The minimum Gasteiger partial charge on any atom is -0.381 e. The lowest BCUT2D eigenvalue weighted by Crippen LogP contribution is -2.22. The summed E-state index contributed by atoms with van der Waals surface area (Å²) in [6.45, 7) is 5.66. The number of rotatable bonds is 7. The van der Waals surface area contributed by atoms with Crippen LogP contribution in [0, 0.1) is 5.92 Å². The van der Waals surface area contributed by atoms with Crippen molar-refractivity contribution in [3.63, 3.8) is 0 Å². The van der Waals surface area contributed by atoms with Crippen molar-refractivity contribution in [3.8, 4) is 0 Å². The number of aromatic nitrogens is 1. The highest BCUT2D eigenvalue weighted by Gasteiger charge is 2.23. The van der Waals surface area contributed by atoms with E-state index in [4.69, 9.17) is 4.74 Å². The van der Waals surface area contributed by atoms with Gasteiger partial charge in [-0.05, 0) is 29.9 Å². The molecule has 24 heavy (non-hydrogen) atoms. The predicted molar refractivity (Wildman–Crippen MR) is 105 cm³/mol. The quantitative estimate of drug-likeness (QED) is 0.564. The molecule has 1 fully saturated rings. The van der Waals surface area contributed by atoms with Gasteiger partial charge in [-0.1, -0.05) is 25.6 Å². The van der Waals surface area contributed by atoms with Crippen LogP contribution in [0.4, 0.5) is 5.69 Å². The van der Waals surface area contributed by atoms with Crippen LogP contribution in [0.15, 0.2) is 22.5 Å². The van der Waals surface area contributed by atoms with Gasteiger partial charge >= 0.3 is 0 Å². The number of ether oxygens (including phenoxy) is 1. The lowest BCUT2D eigenvalue weighted by atomic mass is 10.1. The maximum Gasteiger partial charge on any atom is 0.229 e. The molecule has 0 aliphatic carbocycles. The topological polar surface area (TPSA) is 51.2 Å². The SMILES string of the molecule is CC(C)SCCSc1nc2ccc(NC(=O)C3CCOC3)cc2s1. The van der Waals surface area contributed by atoms with E-state index in [1.165, 1.54) is 0 Å². The number of thiazole rings is 1. The number of amides is 1. The van der Waals surface area contributed by atoms with E-state index in [0.717, 1.165) is 38.2 Å². The highest BCUT2D eigenvalue weighted by atomic mass is 32.2. The van der Waals surface area contributed by atoms with Crippen molar-refractivity contribution in [3.05, 3.63) is 18.2 Å². The molecule has 1 aliphatic heterocycles. The molecule has 1 aromatic heterocycles. The molecule has 1 atom stereocenters. The van der Waals surface area contributed by atoms with Crippen molar-refractivity contribution in [1.82, 2.24) is 4.98 Å². The van der Waals surface area contributed by atoms with Gasteiger partial charge < -0.3 is 10.1 Å². The molecular weight excluding hydrogens is 360 g/mol. The van der Waals surface area contributed by atoms with Crippen LogP contribution in [-0.2, 0) is 9.53 Å². The summed E-state index contributed by atoms with van der Waals surface area (Å²) in [6, 6.07) is 5.94. The molecular formula is C17H22N2O2S3. The van der Waals surface area contributed by atoms with E-state index in [1.54, 1.807) is 11.3 Å². The zero-order valence-electron chi connectivity index (χ0n) is 13.9. The van der Waals surface area contributed by atoms with Gasteiger partial charge in [0.05, 0.1) is 22.7 Å². The van der Waals surface area contributed by atoms with Gasteiger partial charge in [0.25, 0.3) is 0 Å². The Labute approximate surface area is 155 Å². The van der Waals surface area contributed by atoms with Crippen LogP contribution < -0.4 is 5.32 Å². The fraction of sp³-hybridized carbons (Fsp3) is 0.529. The monoisotopic (exact) mass is 382 g/mol. The molecule has 1 saturated heterocycles. The number of fused-ring (bicyclic) bond motifs is 1. The van der Waals surface area contributed by atoms with Crippen LogP contribution in [0.25, 0.3) is 10.2 Å². The first-order valence-electron chi connectivity index (χ1n) is 8.15. The molecule has 0 spiro atoms. The summed E-state index contributed by atoms with van der Waals surface area (Å²) in [4.78, 5) is 16.8. The van der Waals surface area contributed by atoms with Crippen molar-refractivity contribution in [2.45, 2.75) is 29.9 Å². The van der Waals surface area contributed by atoms with Gasteiger partial charge in [0.2, 0.25) is 5.91 Å². The average Bonchev–Trinajstić information content (AvgIpc) is 3.20. The van der Waals surface area contributed by atoms with Crippen molar-refractivity contribution >= 4 is 56.7 Å². The minimum atomic E-state index is -0.0215. The van der Waals surface area contributed by atoms with Crippen LogP contribution in [0.2, 0.25) is 0 Å². The summed E-state index contributed by atoms with van der Waals surface area (Å²) in [5.41, 5.74) is 1.84. The Morgan fingerprint density at radius 1 is 1.46 bits per heavy atom. The largest absolute Gasteiger partial charge is 0.381 e. The maximum absolute atomic E-state index is 12.2. The van der Waals surface area contributed by atoms with E-state index in [9.17, 15) is 4.79 Å². The van der Waals surface area contributed by atoms with Gasteiger partial charge in [0.1, 0.15) is 0 Å². The molecule has 2 heterocycles. The minimum absolute atomic E-state index is 0.0215. The Balaban J connectivity index is 1.59. The van der Waals surface area contributed by atoms with Crippen molar-refractivity contribution < 1.29 is 9.53 Å². The second-order valence-electron chi connectivity index (χ2n) is 5.98. The Morgan fingerprint density at radius 3 is 3.08 bits per heavy atom. The smallest absolute Gasteiger partial charge is 0.229 e. The second-order valence-corrected chi connectivity index (χ2v) is 10.0.